The molecule has 1 heterocycles. The van der Waals surface area contributed by atoms with Crippen molar-refractivity contribution in [2.45, 2.75) is 19.8 Å². The van der Waals surface area contributed by atoms with Crippen LogP contribution in [0.5, 0.6) is 0 Å². The molecule has 0 aromatic heterocycles. The van der Waals surface area contributed by atoms with Crippen LogP contribution in [0.3, 0.4) is 0 Å². The van der Waals surface area contributed by atoms with Crippen molar-refractivity contribution in [3.63, 3.8) is 0 Å². The van der Waals surface area contributed by atoms with E-state index in [0.717, 1.165) is 32.5 Å². The van der Waals surface area contributed by atoms with E-state index >= 15 is 0 Å². The number of aliphatic hydroxyl groups is 1. The third-order valence-corrected chi connectivity index (χ3v) is 3.33. The zero-order valence-electron chi connectivity index (χ0n) is 10.5. The maximum atomic E-state index is 9.11. The van der Waals surface area contributed by atoms with Gasteiger partial charge in [0.05, 0.1) is 0 Å². The van der Waals surface area contributed by atoms with E-state index < -0.39 is 0 Å². The molecule has 0 aliphatic carbocycles. The van der Waals surface area contributed by atoms with Crippen LogP contribution in [-0.4, -0.2) is 48.2 Å². The zero-order chi connectivity index (χ0) is 12.0. The molecular formula is C13H24N2O. The summed E-state index contributed by atoms with van der Waals surface area (Å²) >= 11 is 0. The fraction of sp³-hybridized carbons (Fsp3) is 0.692. The summed E-state index contributed by atoms with van der Waals surface area (Å²) in [5, 5.41) is 9.11. The Hall–Kier alpha value is -0.960. The highest BCUT2D eigenvalue weighted by molar-refractivity contribution is 5.09. The summed E-state index contributed by atoms with van der Waals surface area (Å²) in [6, 6.07) is 0. The number of hydrogen-bond donors (Lipinski definition) is 1. The summed E-state index contributed by atoms with van der Waals surface area (Å²) < 4.78 is 0. The average molecular weight is 224 g/mol. The summed E-state index contributed by atoms with van der Waals surface area (Å²) in [5.41, 5.74) is 0. The fourth-order valence-electron chi connectivity index (χ4n) is 2.09. The van der Waals surface area contributed by atoms with Gasteiger partial charge < -0.3 is 14.9 Å². The molecular weight excluding hydrogens is 200 g/mol. The van der Waals surface area contributed by atoms with E-state index in [1.807, 2.05) is 6.08 Å². The number of piperidine rings is 1. The van der Waals surface area contributed by atoms with Crippen LogP contribution in [0.2, 0.25) is 0 Å². The smallest absolute Gasteiger partial charge is 0.104 e. The van der Waals surface area contributed by atoms with E-state index in [1.165, 1.54) is 5.82 Å². The first kappa shape index (κ1) is 13.1. The quantitative estimate of drug-likeness (QED) is 0.720. The molecule has 16 heavy (non-hydrogen) atoms. The van der Waals surface area contributed by atoms with Gasteiger partial charge in [-0.1, -0.05) is 12.7 Å². The highest BCUT2D eigenvalue weighted by atomic mass is 16.3. The molecule has 1 rings (SSSR count). The Labute approximate surface area is 99.0 Å². The van der Waals surface area contributed by atoms with Crippen molar-refractivity contribution >= 4 is 0 Å². The Morgan fingerprint density at radius 1 is 1.50 bits per heavy atom. The summed E-state index contributed by atoms with van der Waals surface area (Å²) in [4.78, 5) is 4.62. The van der Waals surface area contributed by atoms with E-state index in [1.54, 1.807) is 0 Å². The molecule has 0 radical (unpaired) electrons. The van der Waals surface area contributed by atoms with E-state index in [9.17, 15) is 0 Å². The van der Waals surface area contributed by atoms with Gasteiger partial charge >= 0.3 is 0 Å². The number of rotatable bonds is 5. The van der Waals surface area contributed by atoms with Crippen LogP contribution < -0.4 is 0 Å². The maximum Gasteiger partial charge on any atom is 0.104 e. The minimum atomic E-state index is 0.331. The van der Waals surface area contributed by atoms with Gasteiger partial charge in [-0.25, -0.2) is 0 Å². The summed E-state index contributed by atoms with van der Waals surface area (Å²) in [6.07, 6.45) is 6.09. The van der Waals surface area contributed by atoms with Gasteiger partial charge in [-0.05, 0) is 31.8 Å². The van der Waals surface area contributed by atoms with Crippen molar-refractivity contribution < 1.29 is 5.11 Å². The number of aliphatic hydroxyl groups excluding tert-OH is 1. The summed E-state index contributed by atoms with van der Waals surface area (Å²) in [5.74, 6) is 1.74. The van der Waals surface area contributed by atoms with Gasteiger partial charge in [0.2, 0.25) is 0 Å². The Kier molecular flexibility index (Phi) is 5.39. The van der Waals surface area contributed by atoms with Crippen LogP contribution in [0.1, 0.15) is 19.8 Å². The number of likely N-dealkylation sites (tertiary alicyclic amines) is 1. The van der Waals surface area contributed by atoms with Crippen molar-refractivity contribution in [1.82, 2.24) is 9.80 Å². The average Bonchev–Trinajstić information content (AvgIpc) is 2.35. The van der Waals surface area contributed by atoms with E-state index in [4.69, 9.17) is 5.11 Å². The third-order valence-electron chi connectivity index (χ3n) is 3.33. The highest BCUT2D eigenvalue weighted by Crippen LogP contribution is 2.21. The van der Waals surface area contributed by atoms with Gasteiger partial charge in [0.25, 0.3) is 0 Å². The van der Waals surface area contributed by atoms with Crippen molar-refractivity contribution in [3.8, 4) is 0 Å². The first-order valence-electron chi connectivity index (χ1n) is 6.12. The fourth-order valence-corrected chi connectivity index (χ4v) is 2.09. The van der Waals surface area contributed by atoms with E-state index in [2.05, 4.69) is 36.4 Å². The molecule has 0 unspecified atom stereocenters. The van der Waals surface area contributed by atoms with Gasteiger partial charge in [-0.15, -0.1) is 0 Å². The highest BCUT2D eigenvalue weighted by Gasteiger charge is 2.21. The monoisotopic (exact) mass is 224 g/mol. The summed E-state index contributed by atoms with van der Waals surface area (Å²) in [7, 11) is 2.10. The number of allylic oxidation sites excluding steroid dienone is 2. The van der Waals surface area contributed by atoms with Crippen LogP contribution >= 0.6 is 0 Å². The maximum absolute atomic E-state index is 9.11. The minimum Gasteiger partial charge on any atom is -0.396 e. The van der Waals surface area contributed by atoms with Crippen molar-refractivity contribution in [2.75, 3.05) is 33.3 Å². The van der Waals surface area contributed by atoms with Crippen LogP contribution in [0.15, 0.2) is 24.6 Å². The predicted octanol–water partition coefficient (Wildman–Crippen LogP) is 1.67. The van der Waals surface area contributed by atoms with Crippen LogP contribution in [0, 0.1) is 5.92 Å². The topological polar surface area (TPSA) is 26.7 Å². The minimum absolute atomic E-state index is 0.331. The van der Waals surface area contributed by atoms with E-state index in [-0.39, 0.29) is 0 Å². The molecule has 1 aliphatic rings. The molecule has 0 spiro atoms. The normalized spacial score (nSPS) is 18.7. The van der Waals surface area contributed by atoms with Crippen LogP contribution in [0.4, 0.5) is 0 Å². The Bertz CT molecular complexity index is 242. The van der Waals surface area contributed by atoms with Gasteiger partial charge in [-0.3, -0.25) is 0 Å². The molecule has 1 aliphatic heterocycles. The van der Waals surface area contributed by atoms with Crippen LogP contribution in [-0.2, 0) is 0 Å². The SMILES string of the molecule is C=C/C=C(\N(C)CC)N1CCC(CO)CC1. The lowest BCUT2D eigenvalue weighted by Crippen LogP contribution is -2.39. The zero-order valence-corrected chi connectivity index (χ0v) is 10.5. The summed E-state index contributed by atoms with van der Waals surface area (Å²) in [6.45, 7) is 9.33. The predicted molar refractivity (Wildman–Crippen MR) is 68.0 cm³/mol. The molecule has 1 fully saturated rings. The van der Waals surface area contributed by atoms with Gasteiger partial charge in [0, 0.05) is 33.3 Å². The molecule has 0 atom stereocenters. The molecule has 92 valence electrons. The third kappa shape index (κ3) is 3.27. The lowest BCUT2D eigenvalue weighted by Gasteiger charge is -2.38. The van der Waals surface area contributed by atoms with Crippen molar-refractivity contribution in [1.29, 1.82) is 0 Å². The Balaban J connectivity index is 2.60. The lowest BCUT2D eigenvalue weighted by molar-refractivity contribution is 0.130. The Morgan fingerprint density at radius 3 is 2.56 bits per heavy atom. The molecule has 0 amide bonds. The molecule has 0 saturated carbocycles. The molecule has 0 bridgehead atoms. The largest absolute Gasteiger partial charge is 0.396 e. The first-order chi connectivity index (χ1) is 7.72. The molecule has 0 aromatic rings. The molecule has 3 nitrogen and oxygen atoms in total. The van der Waals surface area contributed by atoms with Crippen molar-refractivity contribution in [2.24, 2.45) is 5.92 Å². The van der Waals surface area contributed by atoms with Gasteiger partial charge in [0.15, 0.2) is 0 Å². The van der Waals surface area contributed by atoms with Gasteiger partial charge in [0.1, 0.15) is 5.82 Å². The molecule has 1 saturated heterocycles. The van der Waals surface area contributed by atoms with Gasteiger partial charge in [-0.2, -0.15) is 0 Å². The molecule has 1 N–H and O–H groups in total. The first-order valence-corrected chi connectivity index (χ1v) is 6.12. The van der Waals surface area contributed by atoms with Crippen molar-refractivity contribution in [3.05, 3.63) is 24.6 Å². The standard InChI is InChI=1S/C13H24N2O/c1-4-6-13(14(3)5-2)15-9-7-12(11-16)8-10-15/h4,6,12,16H,1,5,7-11H2,2-3H3/b13-6+. The second kappa shape index (κ2) is 6.59. The van der Waals surface area contributed by atoms with E-state index in [0.29, 0.717) is 12.5 Å². The lowest BCUT2D eigenvalue weighted by atomic mass is 9.98. The Morgan fingerprint density at radius 2 is 2.12 bits per heavy atom. The van der Waals surface area contributed by atoms with Crippen LogP contribution in [0.25, 0.3) is 0 Å². The molecule has 0 aromatic carbocycles. The second-order valence-corrected chi connectivity index (χ2v) is 4.39. The number of nitrogens with zero attached hydrogens (tertiary/aromatic N) is 2. The second-order valence-electron chi connectivity index (χ2n) is 4.39. The number of hydrogen-bond acceptors (Lipinski definition) is 3. The molecule has 3 heteroatoms.